The standard InChI is InChI=1S/C19H25N5O/c1-14-21-19(22-25-14)13-24-10-4-6-16(12-24)23(2)11-15-5-3-7-18-17(15)8-9-20-18/h3,5,7-9,16,20H,4,6,10-13H2,1-2H3. The van der Waals surface area contributed by atoms with Crippen LogP contribution in [0.15, 0.2) is 35.0 Å². The number of nitrogens with one attached hydrogen (secondary N) is 1. The molecular weight excluding hydrogens is 314 g/mol. The van der Waals surface area contributed by atoms with Crippen molar-refractivity contribution in [3.8, 4) is 0 Å². The van der Waals surface area contributed by atoms with Gasteiger partial charge in [0.15, 0.2) is 5.82 Å². The maximum atomic E-state index is 5.09. The maximum Gasteiger partial charge on any atom is 0.223 e. The molecule has 0 aliphatic carbocycles. The van der Waals surface area contributed by atoms with Crippen molar-refractivity contribution in [1.82, 2.24) is 24.9 Å². The van der Waals surface area contributed by atoms with E-state index in [4.69, 9.17) is 4.52 Å². The molecule has 3 heterocycles. The quantitative estimate of drug-likeness (QED) is 0.774. The first-order valence-corrected chi connectivity index (χ1v) is 8.96. The smallest absolute Gasteiger partial charge is 0.223 e. The van der Waals surface area contributed by atoms with Crippen molar-refractivity contribution < 1.29 is 4.52 Å². The Morgan fingerprint density at radius 2 is 2.28 bits per heavy atom. The van der Waals surface area contributed by atoms with Crippen LogP contribution in [0.2, 0.25) is 0 Å². The molecule has 1 saturated heterocycles. The Morgan fingerprint density at radius 3 is 3.12 bits per heavy atom. The summed E-state index contributed by atoms with van der Waals surface area (Å²) < 4.78 is 5.09. The summed E-state index contributed by atoms with van der Waals surface area (Å²) in [5.74, 6) is 1.43. The van der Waals surface area contributed by atoms with Crippen molar-refractivity contribution in [2.24, 2.45) is 0 Å². The third-order valence-corrected chi connectivity index (χ3v) is 5.14. The van der Waals surface area contributed by atoms with Crippen LogP contribution in [0.25, 0.3) is 10.9 Å². The second-order valence-electron chi connectivity index (χ2n) is 7.03. The van der Waals surface area contributed by atoms with Crippen LogP contribution >= 0.6 is 0 Å². The Kier molecular flexibility index (Phi) is 4.55. The van der Waals surface area contributed by atoms with Crippen LogP contribution in [-0.2, 0) is 13.1 Å². The molecule has 6 heteroatoms. The molecule has 1 unspecified atom stereocenters. The molecule has 4 rings (SSSR count). The Labute approximate surface area is 147 Å². The summed E-state index contributed by atoms with van der Waals surface area (Å²) in [5, 5.41) is 5.35. The van der Waals surface area contributed by atoms with Gasteiger partial charge < -0.3 is 9.51 Å². The zero-order chi connectivity index (χ0) is 17.2. The molecule has 6 nitrogen and oxygen atoms in total. The van der Waals surface area contributed by atoms with Crippen LogP contribution in [0.5, 0.6) is 0 Å². The second kappa shape index (κ2) is 6.98. The van der Waals surface area contributed by atoms with Crippen LogP contribution in [-0.4, -0.2) is 51.1 Å². The van der Waals surface area contributed by atoms with E-state index in [0.717, 1.165) is 32.0 Å². The molecule has 1 aliphatic rings. The molecular formula is C19H25N5O. The predicted molar refractivity (Wildman–Crippen MR) is 97.1 cm³/mol. The zero-order valence-electron chi connectivity index (χ0n) is 14.9. The van der Waals surface area contributed by atoms with Crippen LogP contribution in [0, 0.1) is 6.92 Å². The summed E-state index contributed by atoms with van der Waals surface area (Å²) in [4.78, 5) is 12.6. The average Bonchev–Trinajstić information content (AvgIpc) is 3.24. The number of fused-ring (bicyclic) bond motifs is 1. The number of likely N-dealkylation sites (N-methyl/N-ethyl adjacent to an activating group) is 1. The fourth-order valence-electron chi connectivity index (χ4n) is 3.83. The Bertz CT molecular complexity index is 839. The molecule has 0 radical (unpaired) electrons. The van der Waals surface area contributed by atoms with Gasteiger partial charge in [-0.05, 0) is 44.1 Å². The lowest BCUT2D eigenvalue weighted by atomic mass is 10.0. The van der Waals surface area contributed by atoms with Crippen LogP contribution in [0.4, 0.5) is 0 Å². The average molecular weight is 339 g/mol. The van der Waals surface area contributed by atoms with E-state index >= 15 is 0 Å². The summed E-state index contributed by atoms with van der Waals surface area (Å²) in [6.45, 7) is 5.73. The maximum absolute atomic E-state index is 5.09. The molecule has 1 N–H and O–H groups in total. The molecule has 0 bridgehead atoms. The van der Waals surface area contributed by atoms with E-state index in [-0.39, 0.29) is 0 Å². The zero-order valence-corrected chi connectivity index (χ0v) is 14.9. The normalized spacial score (nSPS) is 19.1. The molecule has 1 aliphatic heterocycles. The van der Waals surface area contributed by atoms with Crippen molar-refractivity contribution in [3.05, 3.63) is 47.7 Å². The number of hydrogen-bond acceptors (Lipinski definition) is 5. The first-order chi connectivity index (χ1) is 12.2. The van der Waals surface area contributed by atoms with Gasteiger partial charge in [-0.15, -0.1) is 0 Å². The number of hydrogen-bond donors (Lipinski definition) is 1. The fourth-order valence-corrected chi connectivity index (χ4v) is 3.83. The molecule has 2 aromatic heterocycles. The lowest BCUT2D eigenvalue weighted by Crippen LogP contribution is -2.45. The molecule has 132 valence electrons. The highest BCUT2D eigenvalue weighted by Crippen LogP contribution is 2.22. The van der Waals surface area contributed by atoms with Gasteiger partial charge in [0.2, 0.25) is 5.89 Å². The van der Waals surface area contributed by atoms with Crippen LogP contribution < -0.4 is 0 Å². The molecule has 3 aromatic rings. The number of piperidine rings is 1. The van der Waals surface area contributed by atoms with E-state index in [2.05, 4.69) is 56.2 Å². The number of benzene rings is 1. The van der Waals surface area contributed by atoms with E-state index in [0.29, 0.717) is 11.9 Å². The Balaban J connectivity index is 1.41. The number of aromatic amines is 1. The summed E-state index contributed by atoms with van der Waals surface area (Å²) >= 11 is 0. The van der Waals surface area contributed by atoms with Gasteiger partial charge in [0, 0.05) is 43.2 Å². The van der Waals surface area contributed by atoms with Crippen molar-refractivity contribution in [2.75, 3.05) is 20.1 Å². The number of rotatable bonds is 5. The van der Waals surface area contributed by atoms with E-state index in [9.17, 15) is 0 Å². The predicted octanol–water partition coefficient (Wildman–Crippen LogP) is 2.96. The van der Waals surface area contributed by atoms with Gasteiger partial charge in [-0.25, -0.2) is 0 Å². The van der Waals surface area contributed by atoms with Gasteiger partial charge in [-0.3, -0.25) is 9.80 Å². The molecule has 1 aromatic carbocycles. The van der Waals surface area contributed by atoms with Crippen molar-refractivity contribution in [3.63, 3.8) is 0 Å². The molecule has 1 atom stereocenters. The summed E-state index contributed by atoms with van der Waals surface area (Å²) in [5.41, 5.74) is 2.59. The Hall–Kier alpha value is -2.18. The number of H-pyrrole nitrogens is 1. The topological polar surface area (TPSA) is 61.2 Å². The lowest BCUT2D eigenvalue weighted by Gasteiger charge is -2.37. The highest BCUT2D eigenvalue weighted by Gasteiger charge is 2.24. The minimum atomic E-state index is 0.552. The SMILES string of the molecule is Cc1nc(CN2CCCC(N(C)Cc3cccc4[nH]ccc34)C2)no1. The molecule has 0 spiro atoms. The van der Waals surface area contributed by atoms with Crippen LogP contribution in [0.3, 0.4) is 0 Å². The third-order valence-electron chi connectivity index (χ3n) is 5.14. The van der Waals surface area contributed by atoms with Gasteiger partial charge >= 0.3 is 0 Å². The van der Waals surface area contributed by atoms with Gasteiger partial charge in [0.05, 0.1) is 6.54 Å². The highest BCUT2D eigenvalue weighted by molar-refractivity contribution is 5.82. The van der Waals surface area contributed by atoms with Crippen molar-refractivity contribution >= 4 is 10.9 Å². The molecule has 1 fully saturated rings. The van der Waals surface area contributed by atoms with E-state index in [1.54, 1.807) is 0 Å². The molecule has 0 amide bonds. The largest absolute Gasteiger partial charge is 0.361 e. The summed E-state index contributed by atoms with van der Waals surface area (Å²) in [6, 6.07) is 9.22. The minimum Gasteiger partial charge on any atom is -0.361 e. The minimum absolute atomic E-state index is 0.552. The number of aromatic nitrogens is 3. The Morgan fingerprint density at radius 1 is 1.36 bits per heavy atom. The second-order valence-corrected chi connectivity index (χ2v) is 7.03. The number of likely N-dealkylation sites (tertiary alicyclic amines) is 1. The van der Waals surface area contributed by atoms with E-state index in [1.165, 1.54) is 29.3 Å². The van der Waals surface area contributed by atoms with E-state index < -0.39 is 0 Å². The summed E-state index contributed by atoms with van der Waals surface area (Å²) in [6.07, 6.45) is 4.46. The monoisotopic (exact) mass is 339 g/mol. The number of nitrogens with zero attached hydrogens (tertiary/aromatic N) is 4. The van der Waals surface area contributed by atoms with Gasteiger partial charge in [0.1, 0.15) is 0 Å². The van der Waals surface area contributed by atoms with E-state index in [1.807, 2.05) is 13.1 Å². The lowest BCUT2D eigenvalue weighted by molar-refractivity contribution is 0.105. The van der Waals surface area contributed by atoms with Gasteiger partial charge in [-0.1, -0.05) is 17.3 Å². The first-order valence-electron chi connectivity index (χ1n) is 8.96. The fraction of sp³-hybridized carbons (Fsp3) is 0.474. The van der Waals surface area contributed by atoms with Crippen molar-refractivity contribution in [2.45, 2.75) is 38.9 Å². The van der Waals surface area contributed by atoms with Gasteiger partial charge in [0.25, 0.3) is 0 Å². The van der Waals surface area contributed by atoms with Gasteiger partial charge in [-0.2, -0.15) is 4.98 Å². The third kappa shape index (κ3) is 3.60. The molecule has 25 heavy (non-hydrogen) atoms. The first kappa shape index (κ1) is 16.3. The number of aryl methyl sites for hydroxylation is 1. The highest BCUT2D eigenvalue weighted by atomic mass is 16.5. The van der Waals surface area contributed by atoms with Crippen molar-refractivity contribution in [1.29, 1.82) is 0 Å². The van der Waals surface area contributed by atoms with Crippen LogP contribution in [0.1, 0.15) is 30.1 Å². The summed E-state index contributed by atoms with van der Waals surface area (Å²) in [7, 11) is 2.23. The molecule has 0 saturated carbocycles.